The zero-order valence-corrected chi connectivity index (χ0v) is 12.2. The fourth-order valence-corrected chi connectivity index (χ4v) is 0.320. The van der Waals surface area contributed by atoms with Crippen molar-refractivity contribution >= 4 is 22.8 Å². The number of hydrogen-bond donors (Lipinski definition) is 4. The van der Waals surface area contributed by atoms with Gasteiger partial charge in [0.05, 0.1) is 13.2 Å². The molecule has 5 N–H and O–H groups in total. The van der Waals surface area contributed by atoms with E-state index in [1.54, 1.807) is 13.8 Å². The van der Waals surface area contributed by atoms with Crippen molar-refractivity contribution in [3.63, 3.8) is 0 Å². The zero-order valence-electron chi connectivity index (χ0n) is 11.4. The molecule has 0 saturated heterocycles. The maximum absolute atomic E-state index is 10.6. The number of carbonyl (C=O) groups is 2. The number of aliphatic hydroxyl groups is 2. The van der Waals surface area contributed by atoms with Crippen molar-refractivity contribution in [3.8, 4) is 0 Å². The first-order chi connectivity index (χ1) is 8.74. The highest BCUT2D eigenvalue weighted by atomic mass is 35.5. The van der Waals surface area contributed by atoms with Gasteiger partial charge < -0.3 is 21.3 Å². The van der Waals surface area contributed by atoms with Gasteiger partial charge in [-0.1, -0.05) is 20.6 Å². The Bertz CT molecular complexity index is 280. The van der Waals surface area contributed by atoms with Crippen LogP contribution < -0.4 is 11.1 Å². The summed E-state index contributed by atoms with van der Waals surface area (Å²) in [7, 11) is 0. The minimum Gasteiger partial charge on any atom is -0.395 e. The molecule has 0 aliphatic carbocycles. The SMILES string of the molecule is C.C=C(C)C(=O)Cl.C=C(C)C(=O)NCCO.NCCO. The molecule has 1 amide bonds. The quantitative estimate of drug-likeness (QED) is 0.438. The molecule has 0 fully saturated rings. The van der Waals surface area contributed by atoms with Crippen LogP contribution in [0.2, 0.25) is 0 Å². The molecule has 20 heavy (non-hydrogen) atoms. The van der Waals surface area contributed by atoms with E-state index >= 15 is 0 Å². The predicted octanol–water partition coefficient (Wildman–Crippen LogP) is 0.572. The van der Waals surface area contributed by atoms with Crippen molar-refractivity contribution in [2.75, 3.05) is 26.3 Å². The van der Waals surface area contributed by atoms with Gasteiger partial charge in [-0.3, -0.25) is 9.59 Å². The van der Waals surface area contributed by atoms with E-state index in [0.717, 1.165) is 0 Å². The second-order valence-corrected chi connectivity index (χ2v) is 3.67. The molecule has 0 spiro atoms. The maximum atomic E-state index is 10.6. The molecular weight excluding hydrogens is 284 g/mol. The molecule has 0 aromatic heterocycles. The van der Waals surface area contributed by atoms with Crippen LogP contribution in [0.15, 0.2) is 24.3 Å². The fraction of sp³-hybridized carbons (Fsp3) is 0.538. The van der Waals surface area contributed by atoms with Gasteiger partial charge >= 0.3 is 0 Å². The molecule has 0 unspecified atom stereocenters. The summed E-state index contributed by atoms with van der Waals surface area (Å²) >= 11 is 4.87. The van der Waals surface area contributed by atoms with Crippen LogP contribution in [-0.2, 0) is 9.59 Å². The first kappa shape index (κ1) is 27.2. The molecule has 0 radical (unpaired) electrons. The smallest absolute Gasteiger partial charge is 0.247 e. The lowest BCUT2D eigenvalue weighted by atomic mass is 10.3. The van der Waals surface area contributed by atoms with E-state index in [-0.39, 0.29) is 26.5 Å². The third kappa shape index (κ3) is 30.1. The summed E-state index contributed by atoms with van der Waals surface area (Å²) in [4.78, 5) is 20.4. The number of halogens is 1. The Morgan fingerprint density at radius 2 is 1.50 bits per heavy atom. The highest BCUT2D eigenvalue weighted by Crippen LogP contribution is 1.91. The third-order valence-corrected chi connectivity index (χ3v) is 1.57. The number of nitrogens with one attached hydrogen (secondary N) is 1. The van der Waals surface area contributed by atoms with Crippen LogP contribution in [0.4, 0.5) is 0 Å². The van der Waals surface area contributed by atoms with E-state index in [9.17, 15) is 9.59 Å². The molecule has 0 bridgehead atoms. The number of hydrogen-bond acceptors (Lipinski definition) is 5. The molecule has 7 heteroatoms. The van der Waals surface area contributed by atoms with E-state index in [1.165, 1.54) is 0 Å². The molecule has 0 heterocycles. The van der Waals surface area contributed by atoms with Crippen LogP contribution in [0.5, 0.6) is 0 Å². The lowest BCUT2D eigenvalue weighted by Crippen LogP contribution is -2.26. The molecule has 0 atom stereocenters. The highest BCUT2D eigenvalue weighted by Gasteiger charge is 1.97. The molecular formula is C13H27ClN2O4. The number of nitrogens with two attached hydrogens (primary N) is 1. The Kier molecular flexibility index (Phi) is 27.3. The monoisotopic (exact) mass is 310 g/mol. The molecule has 0 aromatic carbocycles. The molecule has 0 aliphatic heterocycles. The highest BCUT2D eigenvalue weighted by molar-refractivity contribution is 6.67. The van der Waals surface area contributed by atoms with Crippen LogP contribution in [0.25, 0.3) is 0 Å². The van der Waals surface area contributed by atoms with Gasteiger partial charge in [-0.2, -0.15) is 0 Å². The van der Waals surface area contributed by atoms with Crippen LogP contribution in [0, 0.1) is 0 Å². The van der Waals surface area contributed by atoms with E-state index in [1.807, 2.05) is 0 Å². The topological polar surface area (TPSA) is 113 Å². The van der Waals surface area contributed by atoms with Crippen LogP contribution in [0.3, 0.4) is 0 Å². The minimum atomic E-state index is -0.463. The number of carbonyl (C=O) groups excluding carboxylic acids is 2. The lowest BCUT2D eigenvalue weighted by molar-refractivity contribution is -0.117. The summed E-state index contributed by atoms with van der Waals surface area (Å²) in [5.41, 5.74) is 5.63. The van der Waals surface area contributed by atoms with Crippen molar-refractivity contribution in [2.45, 2.75) is 21.3 Å². The van der Waals surface area contributed by atoms with E-state index in [2.05, 4.69) is 18.5 Å². The summed E-state index contributed by atoms with van der Waals surface area (Å²) in [6.07, 6.45) is 0. The van der Waals surface area contributed by atoms with Crippen LogP contribution in [-0.4, -0.2) is 47.7 Å². The molecule has 0 rings (SSSR count). The molecule has 0 saturated carbocycles. The number of allylic oxidation sites excluding steroid dienone is 1. The average molecular weight is 311 g/mol. The number of amides is 1. The van der Waals surface area contributed by atoms with Crippen molar-refractivity contribution < 1.29 is 19.8 Å². The predicted molar refractivity (Wildman–Crippen MR) is 83.5 cm³/mol. The number of rotatable bonds is 5. The van der Waals surface area contributed by atoms with Gasteiger partial charge in [0, 0.05) is 24.2 Å². The number of aliphatic hydroxyl groups excluding tert-OH is 2. The van der Waals surface area contributed by atoms with E-state index in [0.29, 0.717) is 24.2 Å². The van der Waals surface area contributed by atoms with Crippen LogP contribution in [0.1, 0.15) is 21.3 Å². The summed E-state index contributed by atoms with van der Waals surface area (Å²) in [6, 6.07) is 0. The van der Waals surface area contributed by atoms with Crippen molar-refractivity contribution in [2.24, 2.45) is 5.73 Å². The first-order valence-electron chi connectivity index (χ1n) is 5.45. The van der Waals surface area contributed by atoms with Gasteiger partial charge in [0.1, 0.15) is 0 Å². The Labute approximate surface area is 126 Å². The summed E-state index contributed by atoms with van der Waals surface area (Å²) in [5.74, 6) is -0.205. The lowest BCUT2D eigenvalue weighted by Gasteiger charge is -1.99. The van der Waals surface area contributed by atoms with Gasteiger partial charge in [-0.15, -0.1) is 0 Å². The standard InChI is InChI=1S/C6H11NO2.C4H5ClO.C2H7NO.CH4/c1-5(2)6(9)7-3-4-8;1-3(2)4(5)6;3-1-2-4;/h8H,1,3-4H2,2H3,(H,7,9);1H2,2H3;4H,1-3H2;1H4. The van der Waals surface area contributed by atoms with Gasteiger partial charge in [0.15, 0.2) is 0 Å². The normalized spacial score (nSPS) is 7.70. The minimum absolute atomic E-state index is 0. The molecule has 120 valence electrons. The Balaban J connectivity index is -0.000000102. The van der Waals surface area contributed by atoms with Gasteiger partial charge in [-0.25, -0.2) is 0 Å². The Morgan fingerprint density at radius 1 is 1.15 bits per heavy atom. The molecule has 0 aromatic rings. The van der Waals surface area contributed by atoms with E-state index < -0.39 is 5.24 Å². The summed E-state index contributed by atoms with van der Waals surface area (Å²) in [5, 5.41) is 18.0. The largest absolute Gasteiger partial charge is 0.395 e. The second kappa shape index (κ2) is 20.1. The second-order valence-electron chi connectivity index (χ2n) is 3.33. The Morgan fingerprint density at radius 3 is 1.65 bits per heavy atom. The fourth-order valence-electron chi connectivity index (χ4n) is 0.320. The summed E-state index contributed by atoms with van der Waals surface area (Å²) < 4.78 is 0. The maximum Gasteiger partial charge on any atom is 0.247 e. The van der Waals surface area contributed by atoms with Gasteiger partial charge in [0.2, 0.25) is 11.1 Å². The summed E-state index contributed by atoms with van der Waals surface area (Å²) in [6.45, 7) is 10.6. The third-order valence-electron chi connectivity index (χ3n) is 1.25. The first-order valence-corrected chi connectivity index (χ1v) is 5.83. The van der Waals surface area contributed by atoms with Gasteiger partial charge in [-0.05, 0) is 25.4 Å². The Hall–Kier alpha value is -1.21. The molecule has 6 nitrogen and oxygen atoms in total. The van der Waals surface area contributed by atoms with Crippen LogP contribution >= 0.6 is 11.6 Å². The van der Waals surface area contributed by atoms with Gasteiger partial charge in [0.25, 0.3) is 0 Å². The van der Waals surface area contributed by atoms with Crippen molar-refractivity contribution in [3.05, 3.63) is 24.3 Å². The van der Waals surface area contributed by atoms with E-state index in [4.69, 9.17) is 27.5 Å². The zero-order chi connectivity index (χ0) is 15.8. The average Bonchev–Trinajstić information content (AvgIpc) is 2.36. The van der Waals surface area contributed by atoms with Crippen molar-refractivity contribution in [1.82, 2.24) is 5.32 Å². The van der Waals surface area contributed by atoms with Crippen molar-refractivity contribution in [1.29, 1.82) is 0 Å². The molecule has 0 aliphatic rings.